The maximum atomic E-state index is 12.1. The Bertz CT molecular complexity index is 758. The van der Waals surface area contributed by atoms with E-state index in [9.17, 15) is 18.0 Å². The molecule has 0 radical (unpaired) electrons. The number of hydrogen-bond donors (Lipinski definition) is 4. The van der Waals surface area contributed by atoms with Gasteiger partial charge in [-0.1, -0.05) is 0 Å². The summed E-state index contributed by atoms with van der Waals surface area (Å²) in [6.07, 6.45) is 1.70. The molecule has 0 aromatic carbocycles. The topological polar surface area (TPSA) is 120 Å². The summed E-state index contributed by atoms with van der Waals surface area (Å²) in [5.41, 5.74) is 1.26. The second-order valence-electron chi connectivity index (χ2n) is 5.63. The van der Waals surface area contributed by atoms with Crippen LogP contribution in [0.5, 0.6) is 0 Å². The van der Waals surface area contributed by atoms with Gasteiger partial charge < -0.3 is 15.7 Å². The Morgan fingerprint density at radius 3 is 2.62 bits per heavy atom. The minimum absolute atomic E-state index is 0.0692. The second-order valence-corrected chi connectivity index (χ2v) is 5.63. The quantitative estimate of drug-likeness (QED) is 0.569. The Labute approximate surface area is 146 Å². The van der Waals surface area contributed by atoms with Crippen molar-refractivity contribution in [3.8, 4) is 0 Å². The van der Waals surface area contributed by atoms with E-state index in [1.165, 1.54) is 12.8 Å². The second kappa shape index (κ2) is 8.61. The number of amides is 1. The number of H-pyrrole nitrogens is 1. The van der Waals surface area contributed by atoms with Crippen molar-refractivity contribution in [2.75, 3.05) is 13.1 Å². The first kappa shape index (κ1) is 19.6. The first-order valence-corrected chi connectivity index (χ1v) is 7.89. The van der Waals surface area contributed by atoms with Crippen LogP contribution in [0.15, 0.2) is 18.5 Å². The highest BCUT2D eigenvalue weighted by Gasteiger charge is 2.38. The monoisotopic (exact) mass is 373 g/mol. The number of nitrogens with zero attached hydrogens (tertiary/aromatic N) is 2. The predicted molar refractivity (Wildman–Crippen MR) is 85.6 cm³/mol. The molecule has 1 saturated carbocycles. The van der Waals surface area contributed by atoms with Crippen LogP contribution < -0.4 is 10.6 Å². The smallest absolute Gasteiger partial charge is 0.475 e. The van der Waals surface area contributed by atoms with Crippen LogP contribution in [0.1, 0.15) is 29.6 Å². The Hall–Kier alpha value is -2.69. The average molecular weight is 373 g/mol. The molecule has 2 heterocycles. The third-order valence-corrected chi connectivity index (χ3v) is 3.49. The lowest BCUT2D eigenvalue weighted by atomic mass is 10.2. The molecule has 11 heteroatoms. The van der Waals surface area contributed by atoms with E-state index in [-0.39, 0.29) is 5.91 Å². The number of carbonyl (C=O) groups excluding carboxylic acids is 1. The van der Waals surface area contributed by atoms with Crippen LogP contribution in [0.25, 0.3) is 11.0 Å². The van der Waals surface area contributed by atoms with Gasteiger partial charge in [0.1, 0.15) is 0 Å². The lowest BCUT2D eigenvalue weighted by Crippen LogP contribution is -2.28. The van der Waals surface area contributed by atoms with Crippen LogP contribution in [0.2, 0.25) is 0 Å². The Morgan fingerprint density at radius 1 is 1.31 bits per heavy atom. The molecule has 2 aromatic heterocycles. The van der Waals surface area contributed by atoms with Gasteiger partial charge in [0.2, 0.25) is 0 Å². The predicted octanol–water partition coefficient (Wildman–Crippen LogP) is 1.46. The van der Waals surface area contributed by atoms with E-state index in [1.54, 1.807) is 18.5 Å². The van der Waals surface area contributed by atoms with Crippen molar-refractivity contribution in [3.63, 3.8) is 0 Å². The number of carbonyl (C=O) groups is 2. The number of fused-ring (bicyclic) bond motifs is 1. The molecule has 0 saturated heterocycles. The van der Waals surface area contributed by atoms with E-state index in [4.69, 9.17) is 9.90 Å². The van der Waals surface area contributed by atoms with E-state index in [0.29, 0.717) is 17.8 Å². The van der Waals surface area contributed by atoms with Crippen molar-refractivity contribution < 1.29 is 27.9 Å². The van der Waals surface area contributed by atoms with Crippen LogP contribution >= 0.6 is 0 Å². The summed E-state index contributed by atoms with van der Waals surface area (Å²) in [6, 6.07) is 2.44. The zero-order valence-corrected chi connectivity index (χ0v) is 13.6. The Kier molecular flexibility index (Phi) is 6.50. The van der Waals surface area contributed by atoms with E-state index >= 15 is 0 Å². The van der Waals surface area contributed by atoms with Gasteiger partial charge in [0.15, 0.2) is 5.65 Å². The minimum Gasteiger partial charge on any atom is -0.475 e. The van der Waals surface area contributed by atoms with E-state index in [0.717, 1.165) is 24.4 Å². The van der Waals surface area contributed by atoms with Gasteiger partial charge in [-0.2, -0.15) is 18.3 Å². The molecule has 142 valence electrons. The standard InChI is InChI=1S/C13H17N5O.C2HF3O2/c19-13(16-6-1-5-14-9-2-3-9)10-4-7-15-12-11(10)8-17-18-12;3-2(4,5)1(6)7/h4,7-9,14H,1-3,5-6H2,(H,16,19)(H,15,17,18);(H,6,7). The average Bonchev–Trinajstić information content (AvgIpc) is 3.27. The van der Waals surface area contributed by atoms with Gasteiger partial charge >= 0.3 is 12.1 Å². The summed E-state index contributed by atoms with van der Waals surface area (Å²) >= 11 is 0. The number of hydrogen-bond acceptors (Lipinski definition) is 5. The SMILES string of the molecule is O=C(NCCCNC1CC1)c1ccnc2[nH]ncc12.O=C(O)C(F)(F)F. The lowest BCUT2D eigenvalue weighted by molar-refractivity contribution is -0.192. The largest absolute Gasteiger partial charge is 0.490 e. The number of aliphatic carboxylic acids is 1. The molecule has 1 amide bonds. The van der Waals surface area contributed by atoms with Crippen molar-refractivity contribution in [3.05, 3.63) is 24.0 Å². The third kappa shape index (κ3) is 5.99. The van der Waals surface area contributed by atoms with E-state index in [2.05, 4.69) is 25.8 Å². The fourth-order valence-electron chi connectivity index (χ4n) is 2.03. The molecule has 1 aliphatic rings. The van der Waals surface area contributed by atoms with Gasteiger partial charge in [-0.15, -0.1) is 0 Å². The van der Waals surface area contributed by atoms with Gasteiger partial charge in [-0.3, -0.25) is 9.89 Å². The maximum absolute atomic E-state index is 12.1. The number of aromatic nitrogens is 3. The minimum atomic E-state index is -5.08. The number of aromatic amines is 1. The molecule has 0 aliphatic heterocycles. The van der Waals surface area contributed by atoms with Crippen molar-refractivity contribution in [2.24, 2.45) is 0 Å². The summed E-state index contributed by atoms with van der Waals surface area (Å²) in [5, 5.41) is 20.9. The first-order valence-electron chi connectivity index (χ1n) is 7.89. The molecular formula is C15H18F3N5O3. The number of pyridine rings is 1. The molecule has 0 unspecified atom stereocenters. The Morgan fingerprint density at radius 2 is 2.00 bits per heavy atom. The van der Waals surface area contributed by atoms with Gasteiger partial charge in [0.05, 0.1) is 17.1 Å². The summed E-state index contributed by atoms with van der Waals surface area (Å²) in [4.78, 5) is 25.1. The van der Waals surface area contributed by atoms with Crippen molar-refractivity contribution >= 4 is 22.9 Å². The molecule has 0 bridgehead atoms. The maximum Gasteiger partial charge on any atom is 0.490 e. The highest BCUT2D eigenvalue weighted by Crippen LogP contribution is 2.18. The number of halogens is 3. The first-order chi connectivity index (χ1) is 12.3. The van der Waals surface area contributed by atoms with Crippen molar-refractivity contribution in [2.45, 2.75) is 31.5 Å². The van der Waals surface area contributed by atoms with Crippen LogP contribution in [-0.2, 0) is 4.79 Å². The molecule has 4 N–H and O–H groups in total. The number of alkyl halides is 3. The summed E-state index contributed by atoms with van der Waals surface area (Å²) in [6.45, 7) is 1.64. The number of carboxylic acid groups (broad SMARTS) is 1. The molecule has 0 spiro atoms. The van der Waals surface area contributed by atoms with Gasteiger partial charge in [-0.05, 0) is 31.9 Å². The van der Waals surface area contributed by atoms with Crippen LogP contribution in [0.3, 0.4) is 0 Å². The number of rotatable bonds is 6. The summed E-state index contributed by atoms with van der Waals surface area (Å²) < 4.78 is 31.7. The normalized spacial score (nSPS) is 13.8. The molecule has 1 aliphatic carbocycles. The molecule has 2 aromatic rings. The summed E-state index contributed by atoms with van der Waals surface area (Å²) in [7, 11) is 0. The third-order valence-electron chi connectivity index (χ3n) is 3.49. The fourth-order valence-corrected chi connectivity index (χ4v) is 2.03. The zero-order chi connectivity index (χ0) is 19.2. The van der Waals surface area contributed by atoms with Crippen molar-refractivity contribution in [1.29, 1.82) is 0 Å². The zero-order valence-electron chi connectivity index (χ0n) is 13.6. The van der Waals surface area contributed by atoms with Crippen LogP contribution in [0.4, 0.5) is 13.2 Å². The molecular weight excluding hydrogens is 355 g/mol. The lowest BCUT2D eigenvalue weighted by Gasteiger charge is -2.06. The van der Waals surface area contributed by atoms with Crippen molar-refractivity contribution in [1.82, 2.24) is 25.8 Å². The van der Waals surface area contributed by atoms with Crippen LogP contribution in [-0.4, -0.2) is 57.5 Å². The number of carboxylic acids is 1. The molecule has 3 rings (SSSR count). The van der Waals surface area contributed by atoms with E-state index in [1.807, 2.05) is 0 Å². The van der Waals surface area contributed by atoms with Crippen LogP contribution in [0, 0.1) is 0 Å². The van der Waals surface area contributed by atoms with Gasteiger partial charge in [-0.25, -0.2) is 9.78 Å². The molecule has 8 nitrogen and oxygen atoms in total. The highest BCUT2D eigenvalue weighted by atomic mass is 19.4. The molecule has 26 heavy (non-hydrogen) atoms. The van der Waals surface area contributed by atoms with Gasteiger partial charge in [0.25, 0.3) is 5.91 Å². The highest BCUT2D eigenvalue weighted by molar-refractivity contribution is 6.05. The fraction of sp³-hybridized carbons (Fsp3) is 0.467. The van der Waals surface area contributed by atoms with Gasteiger partial charge in [0, 0.05) is 18.8 Å². The Balaban J connectivity index is 0.000000298. The molecule has 0 atom stereocenters. The molecule has 1 fully saturated rings. The number of nitrogens with one attached hydrogen (secondary N) is 3. The summed E-state index contributed by atoms with van der Waals surface area (Å²) in [5.74, 6) is -2.83. The van der Waals surface area contributed by atoms with E-state index < -0.39 is 12.1 Å².